The van der Waals surface area contributed by atoms with Crippen LogP contribution in [0.1, 0.15) is 25.0 Å². The van der Waals surface area contributed by atoms with Crippen LogP contribution in [0.5, 0.6) is 5.75 Å². The molecule has 0 fully saturated rings. The van der Waals surface area contributed by atoms with E-state index in [4.69, 9.17) is 4.74 Å². The molecular weight excluding hydrogens is 246 g/mol. The van der Waals surface area contributed by atoms with Gasteiger partial charge in [0.1, 0.15) is 5.75 Å². The molecule has 2 aromatic carbocycles. The fourth-order valence-electron chi connectivity index (χ4n) is 2.29. The van der Waals surface area contributed by atoms with E-state index in [-0.39, 0.29) is 0 Å². The normalized spacial score (nSPS) is 11.9. The summed E-state index contributed by atoms with van der Waals surface area (Å²) in [5, 5.41) is 3.54. The number of benzene rings is 2. The van der Waals surface area contributed by atoms with Crippen molar-refractivity contribution in [2.75, 3.05) is 12.4 Å². The first-order chi connectivity index (χ1) is 9.71. The molecule has 20 heavy (non-hydrogen) atoms. The highest BCUT2D eigenvalue weighted by Gasteiger charge is 2.04. The molecule has 0 aliphatic rings. The molecule has 0 aromatic heterocycles. The zero-order valence-corrected chi connectivity index (χ0v) is 12.5. The number of anilines is 1. The van der Waals surface area contributed by atoms with Crippen LogP contribution in [0.15, 0.2) is 48.5 Å². The Labute approximate surface area is 121 Å². The third-order valence-corrected chi connectivity index (χ3v) is 3.48. The summed E-state index contributed by atoms with van der Waals surface area (Å²) in [5.41, 5.74) is 3.87. The Morgan fingerprint density at radius 2 is 1.55 bits per heavy atom. The summed E-state index contributed by atoms with van der Waals surface area (Å²) in [6, 6.07) is 17.3. The van der Waals surface area contributed by atoms with Gasteiger partial charge in [-0.05, 0) is 55.2 Å². The second kappa shape index (κ2) is 6.99. The first kappa shape index (κ1) is 14.4. The predicted molar refractivity (Wildman–Crippen MR) is 85.6 cm³/mol. The monoisotopic (exact) mass is 269 g/mol. The molecule has 0 saturated heterocycles. The topological polar surface area (TPSA) is 21.3 Å². The van der Waals surface area contributed by atoms with Gasteiger partial charge in [-0.25, -0.2) is 0 Å². The summed E-state index contributed by atoms with van der Waals surface area (Å²) < 4.78 is 5.18. The molecule has 1 atom stereocenters. The largest absolute Gasteiger partial charge is 0.497 e. The second-order valence-electron chi connectivity index (χ2n) is 5.15. The molecule has 0 aliphatic heterocycles. The zero-order valence-electron chi connectivity index (χ0n) is 12.5. The number of methoxy groups -OCH3 is 1. The molecule has 2 nitrogen and oxygen atoms in total. The van der Waals surface area contributed by atoms with Crippen LogP contribution >= 0.6 is 0 Å². The highest BCUT2D eigenvalue weighted by molar-refractivity contribution is 5.45. The van der Waals surface area contributed by atoms with Crippen molar-refractivity contribution in [1.82, 2.24) is 0 Å². The lowest BCUT2D eigenvalue weighted by atomic mass is 10.1. The van der Waals surface area contributed by atoms with Crippen molar-refractivity contribution in [2.45, 2.75) is 32.7 Å². The van der Waals surface area contributed by atoms with Gasteiger partial charge in [-0.15, -0.1) is 0 Å². The van der Waals surface area contributed by atoms with E-state index in [2.05, 4.69) is 55.6 Å². The summed E-state index contributed by atoms with van der Waals surface area (Å²) in [6.45, 7) is 4.38. The average Bonchev–Trinajstić information content (AvgIpc) is 2.49. The third kappa shape index (κ3) is 4.02. The van der Waals surface area contributed by atoms with E-state index >= 15 is 0 Å². The predicted octanol–water partition coefficient (Wildman–Crippen LogP) is 4.30. The van der Waals surface area contributed by atoms with Crippen LogP contribution in [0.3, 0.4) is 0 Å². The summed E-state index contributed by atoms with van der Waals surface area (Å²) in [5.74, 6) is 0.907. The molecule has 106 valence electrons. The molecule has 0 bridgehead atoms. The maximum absolute atomic E-state index is 5.18. The van der Waals surface area contributed by atoms with Gasteiger partial charge in [-0.2, -0.15) is 0 Å². The fraction of sp³-hybridized carbons (Fsp3) is 0.333. The number of aryl methyl sites for hydroxylation is 1. The van der Waals surface area contributed by atoms with E-state index < -0.39 is 0 Å². The van der Waals surface area contributed by atoms with Crippen LogP contribution in [-0.2, 0) is 12.8 Å². The van der Waals surface area contributed by atoms with Gasteiger partial charge in [0.2, 0.25) is 0 Å². The zero-order chi connectivity index (χ0) is 14.4. The van der Waals surface area contributed by atoms with Crippen LogP contribution in [0.2, 0.25) is 0 Å². The van der Waals surface area contributed by atoms with E-state index in [0.717, 1.165) is 18.6 Å². The van der Waals surface area contributed by atoms with Crippen LogP contribution in [0.4, 0.5) is 5.69 Å². The van der Waals surface area contributed by atoms with Gasteiger partial charge in [0, 0.05) is 11.7 Å². The van der Waals surface area contributed by atoms with Gasteiger partial charge in [-0.3, -0.25) is 0 Å². The first-order valence-corrected chi connectivity index (χ1v) is 7.19. The highest BCUT2D eigenvalue weighted by atomic mass is 16.5. The summed E-state index contributed by atoms with van der Waals surface area (Å²) in [7, 11) is 1.69. The molecule has 1 N–H and O–H groups in total. The van der Waals surface area contributed by atoms with Crippen LogP contribution < -0.4 is 10.1 Å². The first-order valence-electron chi connectivity index (χ1n) is 7.19. The molecule has 0 heterocycles. The molecule has 0 spiro atoms. The molecule has 0 saturated carbocycles. The lowest BCUT2D eigenvalue weighted by Crippen LogP contribution is -2.17. The van der Waals surface area contributed by atoms with Crippen molar-refractivity contribution in [1.29, 1.82) is 0 Å². The van der Waals surface area contributed by atoms with Crippen LogP contribution in [0.25, 0.3) is 0 Å². The van der Waals surface area contributed by atoms with Gasteiger partial charge in [0.25, 0.3) is 0 Å². The molecule has 0 radical (unpaired) electrons. The maximum Gasteiger partial charge on any atom is 0.118 e. The summed E-state index contributed by atoms with van der Waals surface area (Å²) >= 11 is 0. The Morgan fingerprint density at radius 1 is 0.950 bits per heavy atom. The minimum Gasteiger partial charge on any atom is -0.497 e. The maximum atomic E-state index is 5.18. The van der Waals surface area contributed by atoms with E-state index in [0.29, 0.717) is 6.04 Å². The van der Waals surface area contributed by atoms with Crippen molar-refractivity contribution in [2.24, 2.45) is 0 Å². The SMILES string of the molecule is CCc1ccc(NC(C)Cc2ccc(OC)cc2)cc1. The smallest absolute Gasteiger partial charge is 0.118 e. The van der Waals surface area contributed by atoms with E-state index in [9.17, 15) is 0 Å². The third-order valence-electron chi connectivity index (χ3n) is 3.48. The summed E-state index contributed by atoms with van der Waals surface area (Å²) in [6.07, 6.45) is 2.08. The average molecular weight is 269 g/mol. The van der Waals surface area contributed by atoms with Crippen LogP contribution in [-0.4, -0.2) is 13.2 Å². The molecule has 0 aliphatic carbocycles. The number of nitrogens with one attached hydrogen (secondary N) is 1. The molecular formula is C18H23NO. The quantitative estimate of drug-likeness (QED) is 0.844. The molecule has 1 unspecified atom stereocenters. The fourth-order valence-corrected chi connectivity index (χ4v) is 2.29. The minimum atomic E-state index is 0.399. The Balaban J connectivity index is 1.91. The standard InChI is InChI=1S/C18H23NO/c1-4-15-5-9-17(10-6-15)19-14(2)13-16-7-11-18(20-3)12-8-16/h5-12,14,19H,4,13H2,1-3H3. The molecule has 2 heteroatoms. The number of hydrogen-bond donors (Lipinski definition) is 1. The summed E-state index contributed by atoms with van der Waals surface area (Å²) in [4.78, 5) is 0. The van der Waals surface area contributed by atoms with E-state index in [1.165, 1.54) is 16.8 Å². The van der Waals surface area contributed by atoms with E-state index in [1.807, 2.05) is 12.1 Å². The molecule has 2 rings (SSSR count). The van der Waals surface area contributed by atoms with Gasteiger partial charge in [-0.1, -0.05) is 31.2 Å². The van der Waals surface area contributed by atoms with Gasteiger partial charge >= 0.3 is 0 Å². The van der Waals surface area contributed by atoms with Gasteiger partial charge in [0.15, 0.2) is 0 Å². The van der Waals surface area contributed by atoms with Crippen molar-refractivity contribution in [3.05, 3.63) is 59.7 Å². The van der Waals surface area contributed by atoms with Crippen molar-refractivity contribution >= 4 is 5.69 Å². The van der Waals surface area contributed by atoms with Crippen molar-refractivity contribution < 1.29 is 4.74 Å². The second-order valence-corrected chi connectivity index (χ2v) is 5.15. The lowest BCUT2D eigenvalue weighted by Gasteiger charge is -2.16. The van der Waals surface area contributed by atoms with Gasteiger partial charge < -0.3 is 10.1 Å². The van der Waals surface area contributed by atoms with Crippen molar-refractivity contribution in [3.8, 4) is 5.75 Å². The minimum absolute atomic E-state index is 0.399. The van der Waals surface area contributed by atoms with Crippen molar-refractivity contribution in [3.63, 3.8) is 0 Å². The molecule has 2 aromatic rings. The van der Waals surface area contributed by atoms with E-state index in [1.54, 1.807) is 7.11 Å². The lowest BCUT2D eigenvalue weighted by molar-refractivity contribution is 0.414. The highest BCUT2D eigenvalue weighted by Crippen LogP contribution is 2.15. The van der Waals surface area contributed by atoms with Crippen LogP contribution in [0, 0.1) is 0 Å². The van der Waals surface area contributed by atoms with Gasteiger partial charge in [0.05, 0.1) is 7.11 Å². The Kier molecular flexibility index (Phi) is 5.05. The molecule has 0 amide bonds. The Bertz CT molecular complexity index is 467. The number of hydrogen-bond acceptors (Lipinski definition) is 2. The Hall–Kier alpha value is -1.96. The Morgan fingerprint density at radius 3 is 2.10 bits per heavy atom. The number of ether oxygens (including phenoxy) is 1. The number of rotatable bonds is 6.